The third-order valence-corrected chi connectivity index (χ3v) is 4.66. The quantitative estimate of drug-likeness (QED) is 0.664. The molecule has 0 spiro atoms. The Labute approximate surface area is 115 Å². The van der Waals surface area contributed by atoms with Gasteiger partial charge in [0.05, 0.1) is 5.69 Å². The van der Waals surface area contributed by atoms with E-state index in [9.17, 15) is 0 Å². The molecule has 0 unspecified atom stereocenters. The second-order valence-electron chi connectivity index (χ2n) is 4.69. The summed E-state index contributed by atoms with van der Waals surface area (Å²) in [6.45, 7) is 0. The van der Waals surface area contributed by atoms with Crippen LogP contribution in [0.1, 0.15) is 10.4 Å². The van der Waals surface area contributed by atoms with Gasteiger partial charge in [-0.25, -0.2) is 4.98 Å². The maximum Gasteiger partial charge on any atom is 0.125 e. The second-order valence-corrected chi connectivity index (χ2v) is 5.77. The lowest BCUT2D eigenvalue weighted by molar-refractivity contribution is 0.955. The highest BCUT2D eigenvalue weighted by Crippen LogP contribution is 2.39. The van der Waals surface area contributed by atoms with Gasteiger partial charge in [0, 0.05) is 28.4 Å². The van der Waals surface area contributed by atoms with Crippen LogP contribution in [-0.2, 0) is 12.8 Å². The summed E-state index contributed by atoms with van der Waals surface area (Å²) >= 11 is 1.80. The van der Waals surface area contributed by atoms with Crippen LogP contribution in [0.3, 0.4) is 0 Å². The molecule has 92 valence electrons. The summed E-state index contributed by atoms with van der Waals surface area (Å²) in [6.07, 6.45) is 5.91. The van der Waals surface area contributed by atoms with Crippen molar-refractivity contribution in [2.75, 3.05) is 0 Å². The number of thiazole rings is 1. The Morgan fingerprint density at radius 2 is 1.95 bits per heavy atom. The molecule has 0 atom stereocenters. The van der Waals surface area contributed by atoms with E-state index in [2.05, 4.69) is 35.3 Å². The summed E-state index contributed by atoms with van der Waals surface area (Å²) in [4.78, 5) is 10.4. The monoisotopic (exact) mass is 264 g/mol. The van der Waals surface area contributed by atoms with E-state index in [1.807, 2.05) is 12.3 Å². The third-order valence-electron chi connectivity index (χ3n) is 3.50. The van der Waals surface area contributed by atoms with Crippen LogP contribution in [-0.4, -0.2) is 9.97 Å². The molecule has 0 radical (unpaired) electrons. The Hall–Kier alpha value is -2.00. The normalized spacial score (nSPS) is 12.8. The van der Waals surface area contributed by atoms with E-state index in [-0.39, 0.29) is 0 Å². The smallest absolute Gasteiger partial charge is 0.125 e. The predicted octanol–water partition coefficient (Wildman–Crippen LogP) is 3.97. The Bertz CT molecular complexity index is 732. The van der Waals surface area contributed by atoms with Crippen LogP contribution >= 0.6 is 11.3 Å². The van der Waals surface area contributed by atoms with E-state index in [0.29, 0.717) is 0 Å². The molecule has 2 nitrogen and oxygen atoms in total. The Kier molecular flexibility index (Phi) is 2.45. The minimum Gasteiger partial charge on any atom is -0.264 e. The fourth-order valence-corrected chi connectivity index (χ4v) is 3.63. The van der Waals surface area contributed by atoms with E-state index in [4.69, 9.17) is 4.98 Å². The first-order chi connectivity index (χ1) is 9.42. The second kappa shape index (κ2) is 4.28. The van der Waals surface area contributed by atoms with Gasteiger partial charge >= 0.3 is 0 Å². The molecule has 1 aliphatic rings. The van der Waals surface area contributed by atoms with Crippen molar-refractivity contribution < 1.29 is 0 Å². The number of fused-ring (bicyclic) bond motifs is 3. The molecular weight excluding hydrogens is 252 g/mol. The van der Waals surface area contributed by atoms with Crippen molar-refractivity contribution in [3.8, 4) is 21.8 Å². The number of nitrogens with zero attached hydrogens (tertiary/aromatic N) is 2. The molecule has 0 bridgehead atoms. The van der Waals surface area contributed by atoms with Gasteiger partial charge in [0.25, 0.3) is 0 Å². The van der Waals surface area contributed by atoms with Crippen LogP contribution in [0.15, 0.2) is 48.8 Å². The maximum absolute atomic E-state index is 4.84. The standard InChI is InChI=1S/C16H12N2S/c1-2-6-13-11(4-1)7-8-14-15(13)18-16(19-14)12-5-3-9-17-10-12/h1-6,9-10H,7-8H2. The van der Waals surface area contributed by atoms with E-state index in [0.717, 1.165) is 23.4 Å². The molecule has 1 aliphatic carbocycles. The van der Waals surface area contributed by atoms with Crippen LogP contribution < -0.4 is 0 Å². The van der Waals surface area contributed by atoms with Crippen molar-refractivity contribution in [3.63, 3.8) is 0 Å². The molecule has 0 N–H and O–H groups in total. The van der Waals surface area contributed by atoms with Crippen LogP contribution in [0.5, 0.6) is 0 Å². The van der Waals surface area contributed by atoms with E-state index < -0.39 is 0 Å². The summed E-state index contributed by atoms with van der Waals surface area (Å²) in [7, 11) is 0. The maximum atomic E-state index is 4.84. The fourth-order valence-electron chi connectivity index (χ4n) is 2.56. The average Bonchev–Trinajstić information content (AvgIpc) is 2.93. The van der Waals surface area contributed by atoms with Gasteiger partial charge in [-0.2, -0.15) is 0 Å². The van der Waals surface area contributed by atoms with Gasteiger partial charge in [-0.3, -0.25) is 4.98 Å². The minimum atomic E-state index is 1.08. The summed E-state index contributed by atoms with van der Waals surface area (Å²) in [5.41, 5.74) is 5.00. The lowest BCUT2D eigenvalue weighted by Crippen LogP contribution is -2.01. The summed E-state index contributed by atoms with van der Waals surface area (Å²) in [5.74, 6) is 0. The number of benzene rings is 1. The minimum absolute atomic E-state index is 1.08. The first-order valence-corrected chi connectivity index (χ1v) is 7.22. The fraction of sp³-hybridized carbons (Fsp3) is 0.125. The molecule has 3 heteroatoms. The molecule has 0 saturated carbocycles. The first kappa shape index (κ1) is 10.9. The SMILES string of the molecule is c1cncc(-c2nc3c(s2)CCc2ccccc2-3)c1. The number of aromatic nitrogens is 2. The van der Waals surface area contributed by atoms with E-state index in [1.165, 1.54) is 21.7 Å². The number of hydrogen-bond acceptors (Lipinski definition) is 3. The predicted molar refractivity (Wildman–Crippen MR) is 78.2 cm³/mol. The van der Waals surface area contributed by atoms with Crippen molar-refractivity contribution in [3.05, 3.63) is 59.2 Å². The zero-order chi connectivity index (χ0) is 12.7. The largest absolute Gasteiger partial charge is 0.264 e. The Morgan fingerprint density at radius 1 is 1.00 bits per heavy atom. The van der Waals surface area contributed by atoms with Gasteiger partial charge < -0.3 is 0 Å². The van der Waals surface area contributed by atoms with Crippen LogP contribution in [0, 0.1) is 0 Å². The van der Waals surface area contributed by atoms with Crippen molar-refractivity contribution in [1.82, 2.24) is 9.97 Å². The van der Waals surface area contributed by atoms with Crippen molar-refractivity contribution in [1.29, 1.82) is 0 Å². The zero-order valence-corrected chi connectivity index (χ0v) is 11.2. The molecule has 2 aromatic heterocycles. The summed E-state index contributed by atoms with van der Waals surface area (Å²) in [6, 6.07) is 12.6. The molecule has 1 aromatic carbocycles. The van der Waals surface area contributed by atoms with Crippen molar-refractivity contribution in [2.24, 2.45) is 0 Å². The summed E-state index contributed by atoms with van der Waals surface area (Å²) < 4.78 is 0. The molecule has 2 heterocycles. The summed E-state index contributed by atoms with van der Waals surface area (Å²) in [5, 5.41) is 1.08. The lowest BCUT2D eigenvalue weighted by Gasteiger charge is -2.13. The number of rotatable bonds is 1. The van der Waals surface area contributed by atoms with E-state index in [1.54, 1.807) is 17.5 Å². The van der Waals surface area contributed by atoms with Gasteiger partial charge in [0.1, 0.15) is 5.01 Å². The topological polar surface area (TPSA) is 25.8 Å². The number of pyridine rings is 1. The molecule has 4 rings (SSSR count). The van der Waals surface area contributed by atoms with Crippen LogP contribution in [0.2, 0.25) is 0 Å². The molecule has 0 amide bonds. The van der Waals surface area contributed by atoms with Gasteiger partial charge in [-0.15, -0.1) is 11.3 Å². The Balaban J connectivity index is 1.88. The highest BCUT2D eigenvalue weighted by Gasteiger charge is 2.20. The third kappa shape index (κ3) is 1.78. The Morgan fingerprint density at radius 3 is 2.84 bits per heavy atom. The molecule has 0 aliphatic heterocycles. The van der Waals surface area contributed by atoms with Gasteiger partial charge in [0.2, 0.25) is 0 Å². The van der Waals surface area contributed by atoms with Gasteiger partial charge in [-0.1, -0.05) is 24.3 Å². The van der Waals surface area contributed by atoms with Crippen LogP contribution in [0.4, 0.5) is 0 Å². The highest BCUT2D eigenvalue weighted by molar-refractivity contribution is 7.15. The highest BCUT2D eigenvalue weighted by atomic mass is 32.1. The molecule has 0 saturated heterocycles. The molecule has 0 fully saturated rings. The zero-order valence-electron chi connectivity index (χ0n) is 10.3. The van der Waals surface area contributed by atoms with Crippen LogP contribution in [0.25, 0.3) is 21.8 Å². The molecular formula is C16H12N2S. The average molecular weight is 264 g/mol. The lowest BCUT2D eigenvalue weighted by atomic mass is 9.94. The van der Waals surface area contributed by atoms with Gasteiger partial charge in [-0.05, 0) is 30.5 Å². The van der Waals surface area contributed by atoms with Crippen molar-refractivity contribution >= 4 is 11.3 Å². The molecule has 3 aromatic rings. The first-order valence-electron chi connectivity index (χ1n) is 6.40. The van der Waals surface area contributed by atoms with Gasteiger partial charge in [0.15, 0.2) is 0 Å². The number of hydrogen-bond donors (Lipinski definition) is 0. The van der Waals surface area contributed by atoms with E-state index >= 15 is 0 Å². The van der Waals surface area contributed by atoms with Crippen molar-refractivity contribution in [2.45, 2.75) is 12.8 Å². The molecule has 19 heavy (non-hydrogen) atoms. The number of aryl methyl sites for hydroxylation is 2.